The molecular weight excluding hydrogens is 628 g/mol. The number of hydrogen-bond acceptors (Lipinski definition) is 7. The molecule has 0 radical (unpaired) electrons. The average molecular weight is 665 g/mol. The Balaban J connectivity index is 1.42. The van der Waals surface area contributed by atoms with Crippen LogP contribution in [-0.4, -0.2) is 50.9 Å². The predicted octanol–water partition coefficient (Wildman–Crippen LogP) is 8.25. The van der Waals surface area contributed by atoms with E-state index < -0.39 is 5.41 Å². The molecule has 0 atom stereocenters. The van der Waals surface area contributed by atoms with E-state index in [1.807, 2.05) is 48.5 Å². The Hall–Kier alpha value is -5.76. The van der Waals surface area contributed by atoms with Gasteiger partial charge in [0.1, 0.15) is 47.7 Å². The van der Waals surface area contributed by atoms with Gasteiger partial charge in [0.2, 0.25) is 0 Å². The second kappa shape index (κ2) is 12.9. The van der Waals surface area contributed by atoms with E-state index in [0.717, 1.165) is 67.1 Å². The Kier molecular flexibility index (Phi) is 8.15. The summed E-state index contributed by atoms with van der Waals surface area (Å²) in [5.41, 5.74) is 10.0. The van der Waals surface area contributed by atoms with Crippen molar-refractivity contribution < 1.29 is 33.9 Å². The van der Waals surface area contributed by atoms with Crippen molar-refractivity contribution in [1.29, 1.82) is 0 Å². The molecule has 0 saturated carbocycles. The summed E-state index contributed by atoms with van der Waals surface area (Å²) < 4.78 is 29.3. The molecule has 1 heterocycles. The zero-order chi connectivity index (χ0) is 34.2. The number of rotatable bonds is 10. The van der Waals surface area contributed by atoms with E-state index in [1.54, 1.807) is 14.2 Å². The first kappa shape index (κ1) is 31.5. The summed E-state index contributed by atoms with van der Waals surface area (Å²) in [7, 11) is 3.35. The molecule has 2 aliphatic rings. The number of aliphatic hydroxyl groups is 2. The van der Waals surface area contributed by atoms with Gasteiger partial charge in [-0.05, 0) is 93.0 Å². The van der Waals surface area contributed by atoms with Crippen LogP contribution in [0.2, 0.25) is 0 Å². The summed E-state index contributed by atoms with van der Waals surface area (Å²) >= 11 is 0. The number of methoxy groups -OCH3 is 2. The normalized spacial score (nSPS) is 13.0. The molecule has 7 heteroatoms. The number of aliphatic hydroxyl groups excluding tert-OH is 2. The minimum atomic E-state index is -0.774. The number of hydrogen-bond donors (Lipinski definition) is 2. The van der Waals surface area contributed by atoms with E-state index in [2.05, 4.69) is 72.8 Å². The van der Waals surface area contributed by atoms with E-state index in [-0.39, 0.29) is 26.4 Å². The molecule has 8 rings (SSSR count). The third kappa shape index (κ3) is 5.14. The lowest BCUT2D eigenvalue weighted by atomic mass is 9.65. The molecule has 250 valence electrons. The third-order valence-corrected chi connectivity index (χ3v) is 9.64. The van der Waals surface area contributed by atoms with Gasteiger partial charge >= 0.3 is 0 Å². The van der Waals surface area contributed by atoms with E-state index in [9.17, 15) is 10.2 Å². The highest BCUT2D eigenvalue weighted by atomic mass is 16.5. The summed E-state index contributed by atoms with van der Waals surface area (Å²) in [5.74, 6) is 4.10. The SMILES string of the molecule is COc1ccc(-c2ccc3c(c2)C2(c4ccc(OCCO)cc4Oc4cc(OCCO)ccc42)c2cc(-c4ccc(OC)cc4)ccc2-3)cc1. The molecule has 6 aromatic rings. The first-order valence-electron chi connectivity index (χ1n) is 16.6. The van der Waals surface area contributed by atoms with Crippen molar-refractivity contribution in [2.75, 3.05) is 40.6 Å². The van der Waals surface area contributed by atoms with Gasteiger partial charge in [-0.15, -0.1) is 0 Å². The number of benzene rings is 6. The van der Waals surface area contributed by atoms with Crippen molar-refractivity contribution in [2.24, 2.45) is 0 Å². The smallest absolute Gasteiger partial charge is 0.135 e. The molecule has 1 spiro atoms. The molecule has 0 amide bonds. The zero-order valence-electron chi connectivity index (χ0n) is 27.8. The van der Waals surface area contributed by atoms with Crippen molar-refractivity contribution in [3.63, 3.8) is 0 Å². The van der Waals surface area contributed by atoms with Crippen LogP contribution in [0.15, 0.2) is 121 Å². The molecule has 0 fully saturated rings. The van der Waals surface area contributed by atoms with Crippen LogP contribution >= 0.6 is 0 Å². The zero-order valence-corrected chi connectivity index (χ0v) is 27.8. The molecule has 0 saturated heterocycles. The molecule has 1 aliphatic heterocycles. The Labute approximate surface area is 290 Å². The maximum atomic E-state index is 9.48. The van der Waals surface area contributed by atoms with Crippen LogP contribution < -0.4 is 23.7 Å². The van der Waals surface area contributed by atoms with E-state index in [0.29, 0.717) is 23.0 Å². The Morgan fingerprint density at radius 2 is 0.860 bits per heavy atom. The summed E-state index contributed by atoms with van der Waals surface area (Å²) in [6, 6.07) is 41.5. The topological polar surface area (TPSA) is 86.6 Å². The Morgan fingerprint density at radius 1 is 0.460 bits per heavy atom. The van der Waals surface area contributed by atoms with Crippen molar-refractivity contribution in [2.45, 2.75) is 5.41 Å². The lowest BCUT2D eigenvalue weighted by Gasteiger charge is -2.40. The summed E-state index contributed by atoms with van der Waals surface area (Å²) in [6.07, 6.45) is 0. The second-order valence-corrected chi connectivity index (χ2v) is 12.3. The highest BCUT2D eigenvalue weighted by molar-refractivity contribution is 5.92. The summed E-state index contributed by atoms with van der Waals surface area (Å²) in [4.78, 5) is 0. The second-order valence-electron chi connectivity index (χ2n) is 12.3. The monoisotopic (exact) mass is 664 g/mol. The minimum Gasteiger partial charge on any atom is -0.497 e. The fourth-order valence-corrected chi connectivity index (χ4v) is 7.39. The molecule has 50 heavy (non-hydrogen) atoms. The maximum Gasteiger partial charge on any atom is 0.135 e. The van der Waals surface area contributed by atoms with Gasteiger partial charge in [-0.3, -0.25) is 0 Å². The van der Waals surface area contributed by atoms with Gasteiger partial charge in [0.25, 0.3) is 0 Å². The van der Waals surface area contributed by atoms with Gasteiger partial charge in [-0.25, -0.2) is 0 Å². The lowest BCUT2D eigenvalue weighted by molar-refractivity contribution is 0.200. The van der Waals surface area contributed by atoms with Gasteiger partial charge in [0, 0.05) is 23.3 Å². The van der Waals surface area contributed by atoms with Crippen LogP contribution in [0.1, 0.15) is 22.3 Å². The van der Waals surface area contributed by atoms with Crippen LogP contribution in [0.5, 0.6) is 34.5 Å². The van der Waals surface area contributed by atoms with Crippen LogP contribution in [0.25, 0.3) is 33.4 Å². The predicted molar refractivity (Wildman–Crippen MR) is 193 cm³/mol. The fraction of sp³-hybridized carbons (Fsp3) is 0.163. The molecular formula is C43H36O7. The van der Waals surface area contributed by atoms with Crippen molar-refractivity contribution in [3.8, 4) is 67.9 Å². The fourth-order valence-electron chi connectivity index (χ4n) is 7.39. The van der Waals surface area contributed by atoms with Gasteiger partial charge in [-0.1, -0.05) is 60.7 Å². The van der Waals surface area contributed by atoms with Crippen molar-refractivity contribution in [3.05, 3.63) is 144 Å². The van der Waals surface area contributed by atoms with E-state index in [1.165, 1.54) is 0 Å². The van der Waals surface area contributed by atoms with Gasteiger partial charge in [-0.2, -0.15) is 0 Å². The van der Waals surface area contributed by atoms with Gasteiger partial charge in [0.05, 0.1) is 32.8 Å². The molecule has 6 aromatic carbocycles. The number of ether oxygens (including phenoxy) is 5. The largest absolute Gasteiger partial charge is 0.497 e. The average Bonchev–Trinajstić information content (AvgIpc) is 3.45. The Morgan fingerprint density at radius 3 is 1.26 bits per heavy atom. The highest BCUT2D eigenvalue weighted by Crippen LogP contribution is 2.63. The van der Waals surface area contributed by atoms with E-state index in [4.69, 9.17) is 23.7 Å². The highest BCUT2D eigenvalue weighted by Gasteiger charge is 2.51. The molecule has 7 nitrogen and oxygen atoms in total. The maximum absolute atomic E-state index is 9.48. The quantitative estimate of drug-likeness (QED) is 0.152. The third-order valence-electron chi connectivity index (χ3n) is 9.64. The first-order valence-corrected chi connectivity index (χ1v) is 16.6. The first-order chi connectivity index (χ1) is 24.6. The lowest BCUT2D eigenvalue weighted by Crippen LogP contribution is -2.32. The number of fused-ring (bicyclic) bond motifs is 9. The molecule has 0 aromatic heterocycles. The van der Waals surface area contributed by atoms with E-state index >= 15 is 0 Å². The van der Waals surface area contributed by atoms with Crippen molar-refractivity contribution in [1.82, 2.24) is 0 Å². The molecule has 1 aliphatic carbocycles. The standard InChI is InChI=1S/C43H36O7/c1-46-31-9-3-27(4-10-31)29-7-15-35-36-16-8-30(28-5-11-32(47-2)12-6-28)24-40(36)43(39(35)23-29)37-17-13-33(48-21-19-44)25-41(37)50-42-26-34(49-22-20-45)14-18-38(42)43/h3-18,23-26,44-45H,19-22H2,1-2H3. The molecule has 0 bridgehead atoms. The summed E-state index contributed by atoms with van der Waals surface area (Å²) in [6.45, 7) is 0.141. The van der Waals surface area contributed by atoms with Gasteiger partial charge in [0.15, 0.2) is 0 Å². The van der Waals surface area contributed by atoms with Crippen LogP contribution in [-0.2, 0) is 5.41 Å². The van der Waals surface area contributed by atoms with Crippen molar-refractivity contribution >= 4 is 0 Å². The van der Waals surface area contributed by atoms with Crippen LogP contribution in [0.3, 0.4) is 0 Å². The van der Waals surface area contributed by atoms with Crippen LogP contribution in [0.4, 0.5) is 0 Å². The Bertz CT molecular complexity index is 2030. The minimum absolute atomic E-state index is 0.0979. The molecule has 0 unspecified atom stereocenters. The van der Waals surface area contributed by atoms with Gasteiger partial charge < -0.3 is 33.9 Å². The van der Waals surface area contributed by atoms with Crippen LogP contribution in [0, 0.1) is 0 Å². The molecule has 2 N–H and O–H groups in total. The summed E-state index contributed by atoms with van der Waals surface area (Å²) in [5, 5.41) is 19.0.